The molecule has 2 N–H and O–H groups in total. The van der Waals surface area contributed by atoms with Crippen LogP contribution in [0, 0.1) is 5.82 Å². The van der Waals surface area contributed by atoms with Crippen molar-refractivity contribution in [1.29, 1.82) is 0 Å². The Morgan fingerprint density at radius 3 is 2.86 bits per heavy atom. The van der Waals surface area contributed by atoms with Gasteiger partial charge in [-0.05, 0) is 25.1 Å². The number of hydrogen-bond donors (Lipinski definition) is 2. The van der Waals surface area contributed by atoms with Crippen LogP contribution < -0.4 is 5.32 Å². The van der Waals surface area contributed by atoms with Gasteiger partial charge < -0.3 is 5.32 Å². The van der Waals surface area contributed by atoms with Crippen LogP contribution in [0.2, 0.25) is 10.0 Å². The third-order valence-electron chi connectivity index (χ3n) is 3.36. The molecule has 0 radical (unpaired) electrons. The summed E-state index contributed by atoms with van der Waals surface area (Å²) in [5, 5.41) is 11.7. The van der Waals surface area contributed by atoms with E-state index in [1.807, 2.05) is 25.1 Å². The number of nitrogens with zero attached hydrogens (tertiary/aromatic N) is 1. The first-order chi connectivity index (χ1) is 10.1. The number of H-pyrrole nitrogens is 1. The molecule has 1 atom stereocenters. The van der Waals surface area contributed by atoms with Gasteiger partial charge in [-0.15, -0.1) is 0 Å². The molecule has 3 nitrogen and oxygen atoms in total. The Morgan fingerprint density at radius 1 is 1.24 bits per heavy atom. The lowest BCUT2D eigenvalue weighted by Gasteiger charge is -2.19. The van der Waals surface area contributed by atoms with Crippen LogP contribution in [-0.4, -0.2) is 10.2 Å². The summed E-state index contributed by atoms with van der Waals surface area (Å²) in [7, 11) is 0. The number of anilines is 1. The molecule has 0 bridgehead atoms. The highest BCUT2D eigenvalue weighted by Crippen LogP contribution is 2.35. The van der Waals surface area contributed by atoms with Crippen LogP contribution in [0.15, 0.2) is 36.5 Å². The molecule has 0 fully saturated rings. The number of fused-ring (bicyclic) bond motifs is 1. The van der Waals surface area contributed by atoms with Crippen molar-refractivity contribution >= 4 is 39.8 Å². The van der Waals surface area contributed by atoms with Crippen LogP contribution in [0.3, 0.4) is 0 Å². The second-order valence-electron chi connectivity index (χ2n) is 4.76. The van der Waals surface area contributed by atoms with E-state index in [-0.39, 0.29) is 11.1 Å². The van der Waals surface area contributed by atoms with E-state index >= 15 is 0 Å². The summed E-state index contributed by atoms with van der Waals surface area (Å²) in [6.07, 6.45) is 1.74. The Labute approximate surface area is 131 Å². The fraction of sp³-hybridized carbons (Fsp3) is 0.133. The standard InChI is InChI=1S/C15H12Cl2FN3/c1-8(13-10(16)5-6-11(18)14(13)17)20-12-4-2-3-9-7-19-21-15(9)12/h2-8,20H,1H3,(H,19,21). The van der Waals surface area contributed by atoms with Crippen LogP contribution in [0.4, 0.5) is 10.1 Å². The molecule has 6 heteroatoms. The third-order valence-corrected chi connectivity index (χ3v) is 4.07. The van der Waals surface area contributed by atoms with Gasteiger partial charge in [-0.25, -0.2) is 4.39 Å². The van der Waals surface area contributed by atoms with Crippen molar-refractivity contribution in [3.05, 3.63) is 58.0 Å². The molecule has 0 spiro atoms. The highest BCUT2D eigenvalue weighted by Gasteiger charge is 2.17. The molecule has 1 heterocycles. The van der Waals surface area contributed by atoms with E-state index in [9.17, 15) is 4.39 Å². The zero-order valence-electron chi connectivity index (χ0n) is 11.1. The van der Waals surface area contributed by atoms with Crippen LogP contribution in [0.1, 0.15) is 18.5 Å². The van der Waals surface area contributed by atoms with E-state index in [4.69, 9.17) is 23.2 Å². The highest BCUT2D eigenvalue weighted by molar-refractivity contribution is 6.36. The normalized spacial score (nSPS) is 12.6. The maximum Gasteiger partial charge on any atom is 0.142 e. The van der Waals surface area contributed by atoms with Crippen LogP contribution >= 0.6 is 23.2 Å². The predicted octanol–water partition coefficient (Wildman–Crippen LogP) is 5.18. The fourth-order valence-corrected chi connectivity index (χ4v) is 3.03. The first kappa shape index (κ1) is 14.2. The molecule has 21 heavy (non-hydrogen) atoms. The van der Waals surface area contributed by atoms with Gasteiger partial charge in [0.15, 0.2) is 0 Å². The molecule has 3 rings (SSSR count). The van der Waals surface area contributed by atoms with Crippen molar-refractivity contribution in [2.24, 2.45) is 0 Å². The SMILES string of the molecule is CC(Nc1cccc2cn[nH]c12)c1c(Cl)ccc(F)c1Cl. The van der Waals surface area contributed by atoms with Crippen molar-refractivity contribution in [2.75, 3.05) is 5.32 Å². The first-order valence-corrected chi connectivity index (χ1v) is 7.15. The molecule has 0 aliphatic carbocycles. The summed E-state index contributed by atoms with van der Waals surface area (Å²) in [5.74, 6) is -0.482. The quantitative estimate of drug-likeness (QED) is 0.652. The average molecular weight is 324 g/mol. The van der Waals surface area contributed by atoms with Crippen LogP contribution in [0.25, 0.3) is 10.9 Å². The Bertz CT molecular complexity index is 801. The molecular formula is C15H12Cl2FN3. The van der Waals surface area contributed by atoms with Gasteiger partial charge in [-0.1, -0.05) is 35.3 Å². The van der Waals surface area contributed by atoms with E-state index < -0.39 is 5.82 Å². The molecular weight excluding hydrogens is 312 g/mol. The van der Waals surface area contributed by atoms with E-state index in [1.54, 1.807) is 6.20 Å². The number of aromatic amines is 1. The summed E-state index contributed by atoms with van der Waals surface area (Å²) < 4.78 is 13.6. The van der Waals surface area contributed by atoms with Gasteiger partial charge in [0.05, 0.1) is 28.5 Å². The minimum absolute atomic E-state index is 0.0410. The lowest BCUT2D eigenvalue weighted by Crippen LogP contribution is -2.09. The van der Waals surface area contributed by atoms with Gasteiger partial charge in [0.2, 0.25) is 0 Å². The predicted molar refractivity (Wildman–Crippen MR) is 84.6 cm³/mol. The monoisotopic (exact) mass is 323 g/mol. The summed E-state index contributed by atoms with van der Waals surface area (Å²) in [5.41, 5.74) is 2.27. The Balaban J connectivity index is 1.99. The fourth-order valence-electron chi connectivity index (χ4n) is 2.33. The number of aromatic nitrogens is 2. The van der Waals surface area contributed by atoms with Gasteiger partial charge >= 0.3 is 0 Å². The van der Waals surface area contributed by atoms with Crippen molar-refractivity contribution in [3.63, 3.8) is 0 Å². The summed E-state index contributed by atoms with van der Waals surface area (Å²) in [4.78, 5) is 0. The second kappa shape index (κ2) is 5.54. The molecule has 3 aromatic rings. The number of nitrogens with one attached hydrogen (secondary N) is 2. The number of hydrogen-bond acceptors (Lipinski definition) is 2. The molecule has 0 amide bonds. The smallest absolute Gasteiger partial charge is 0.142 e. The van der Waals surface area contributed by atoms with Gasteiger partial charge in [0, 0.05) is 16.0 Å². The van der Waals surface area contributed by atoms with E-state index in [2.05, 4.69) is 15.5 Å². The Morgan fingerprint density at radius 2 is 2.05 bits per heavy atom. The maximum atomic E-state index is 13.6. The molecule has 0 aliphatic heterocycles. The summed E-state index contributed by atoms with van der Waals surface area (Å²) in [6, 6.07) is 8.30. The number of rotatable bonds is 3. The lowest BCUT2D eigenvalue weighted by molar-refractivity contribution is 0.624. The number of benzene rings is 2. The Kier molecular flexibility index (Phi) is 3.74. The van der Waals surface area contributed by atoms with E-state index in [0.717, 1.165) is 16.6 Å². The molecule has 0 saturated heterocycles. The lowest BCUT2D eigenvalue weighted by atomic mass is 10.1. The minimum Gasteiger partial charge on any atom is -0.377 e. The van der Waals surface area contributed by atoms with Crippen LogP contribution in [0.5, 0.6) is 0 Å². The van der Waals surface area contributed by atoms with E-state index in [0.29, 0.717) is 10.6 Å². The largest absolute Gasteiger partial charge is 0.377 e. The average Bonchev–Trinajstić information content (AvgIpc) is 2.93. The van der Waals surface area contributed by atoms with Gasteiger partial charge in [0.1, 0.15) is 5.82 Å². The van der Waals surface area contributed by atoms with Crippen LogP contribution in [-0.2, 0) is 0 Å². The maximum absolute atomic E-state index is 13.6. The molecule has 1 aromatic heterocycles. The molecule has 1 unspecified atom stereocenters. The summed E-state index contributed by atoms with van der Waals surface area (Å²) >= 11 is 12.2. The summed E-state index contributed by atoms with van der Waals surface area (Å²) in [6.45, 7) is 1.88. The zero-order chi connectivity index (χ0) is 15.0. The topological polar surface area (TPSA) is 40.7 Å². The minimum atomic E-state index is -0.482. The van der Waals surface area contributed by atoms with Crippen molar-refractivity contribution in [1.82, 2.24) is 10.2 Å². The molecule has 108 valence electrons. The number of para-hydroxylation sites is 1. The van der Waals surface area contributed by atoms with Gasteiger partial charge in [-0.2, -0.15) is 5.10 Å². The molecule has 0 aliphatic rings. The first-order valence-electron chi connectivity index (χ1n) is 6.40. The number of halogens is 3. The Hall–Kier alpha value is -1.78. The van der Waals surface area contributed by atoms with Gasteiger partial charge in [0.25, 0.3) is 0 Å². The van der Waals surface area contributed by atoms with Crippen molar-refractivity contribution in [2.45, 2.75) is 13.0 Å². The highest BCUT2D eigenvalue weighted by atomic mass is 35.5. The van der Waals surface area contributed by atoms with Gasteiger partial charge in [-0.3, -0.25) is 5.10 Å². The molecule has 0 saturated carbocycles. The van der Waals surface area contributed by atoms with E-state index in [1.165, 1.54) is 12.1 Å². The van der Waals surface area contributed by atoms with Crippen molar-refractivity contribution < 1.29 is 4.39 Å². The second-order valence-corrected chi connectivity index (χ2v) is 5.55. The zero-order valence-corrected chi connectivity index (χ0v) is 12.6. The molecule has 2 aromatic carbocycles. The third kappa shape index (κ3) is 2.57. The van der Waals surface area contributed by atoms with Crippen molar-refractivity contribution in [3.8, 4) is 0 Å².